The predicted molar refractivity (Wildman–Crippen MR) is 79.7 cm³/mol. The minimum Gasteiger partial charge on any atom is -0.396 e. The van der Waals surface area contributed by atoms with Crippen molar-refractivity contribution < 1.29 is 9.90 Å². The first-order valence-corrected chi connectivity index (χ1v) is 7.38. The number of aliphatic hydroxyl groups excluding tert-OH is 1. The van der Waals surface area contributed by atoms with Crippen LogP contribution in [0.1, 0.15) is 62.6 Å². The monoisotopic (exact) mass is 281 g/mol. The molecule has 0 aromatic carbocycles. The van der Waals surface area contributed by atoms with Crippen LogP contribution in [0.25, 0.3) is 0 Å². The lowest BCUT2D eigenvalue weighted by atomic mass is 9.94. The zero-order valence-electron chi connectivity index (χ0n) is 12.9. The number of nitrogens with one attached hydrogen (secondary N) is 2. The predicted octanol–water partition coefficient (Wildman–Crippen LogP) is 2.31. The van der Waals surface area contributed by atoms with Gasteiger partial charge in [0.05, 0.1) is 0 Å². The highest BCUT2D eigenvalue weighted by Crippen LogP contribution is 2.15. The van der Waals surface area contributed by atoms with Crippen molar-refractivity contribution in [2.24, 2.45) is 11.8 Å². The highest BCUT2D eigenvalue weighted by molar-refractivity contribution is 5.92. The molecule has 0 saturated carbocycles. The third-order valence-corrected chi connectivity index (χ3v) is 3.35. The van der Waals surface area contributed by atoms with Crippen LogP contribution in [0.4, 0.5) is 0 Å². The molecule has 1 aromatic rings. The first-order valence-electron chi connectivity index (χ1n) is 7.38. The number of carbonyl (C=O) groups is 1. The molecule has 0 spiro atoms. The van der Waals surface area contributed by atoms with Crippen LogP contribution in [0.2, 0.25) is 0 Å². The normalized spacial score (nSPS) is 12.9. The number of rotatable bonds is 8. The SMILES string of the molecule is CC(C)CC(CCO)CNC(=O)c1cc(C(C)C)[nH]n1. The van der Waals surface area contributed by atoms with Gasteiger partial charge in [0.15, 0.2) is 0 Å². The fourth-order valence-corrected chi connectivity index (χ4v) is 2.23. The largest absolute Gasteiger partial charge is 0.396 e. The molecule has 0 fully saturated rings. The van der Waals surface area contributed by atoms with Gasteiger partial charge in [-0.2, -0.15) is 5.10 Å². The van der Waals surface area contributed by atoms with E-state index in [1.54, 1.807) is 6.07 Å². The van der Waals surface area contributed by atoms with E-state index in [1.807, 2.05) is 0 Å². The summed E-state index contributed by atoms with van der Waals surface area (Å²) in [5, 5.41) is 18.9. The number of aromatic nitrogens is 2. The Hall–Kier alpha value is -1.36. The molecule has 1 unspecified atom stereocenters. The molecule has 0 bridgehead atoms. The summed E-state index contributed by atoms with van der Waals surface area (Å²) in [5.74, 6) is 1.04. The van der Waals surface area contributed by atoms with Crippen molar-refractivity contribution in [3.8, 4) is 0 Å². The summed E-state index contributed by atoms with van der Waals surface area (Å²) in [6.07, 6.45) is 1.72. The number of carbonyl (C=O) groups excluding carboxylic acids is 1. The number of nitrogens with zero attached hydrogens (tertiary/aromatic N) is 1. The first kappa shape index (κ1) is 16.7. The smallest absolute Gasteiger partial charge is 0.271 e. The molecule has 5 heteroatoms. The molecule has 1 aromatic heterocycles. The van der Waals surface area contributed by atoms with Crippen molar-refractivity contribution in [2.45, 2.75) is 46.5 Å². The van der Waals surface area contributed by atoms with E-state index in [4.69, 9.17) is 5.11 Å². The van der Waals surface area contributed by atoms with Gasteiger partial charge in [-0.15, -0.1) is 0 Å². The van der Waals surface area contributed by atoms with Crippen LogP contribution >= 0.6 is 0 Å². The maximum absolute atomic E-state index is 12.0. The number of aliphatic hydroxyl groups is 1. The molecule has 1 heterocycles. The molecular weight excluding hydrogens is 254 g/mol. The summed E-state index contributed by atoms with van der Waals surface area (Å²) in [7, 11) is 0. The minimum absolute atomic E-state index is 0.153. The standard InChI is InChI=1S/C15H27N3O2/c1-10(2)7-12(5-6-19)9-16-15(20)14-8-13(11(3)4)17-18-14/h8,10-12,19H,5-7,9H2,1-4H3,(H,16,20)(H,17,18). The lowest BCUT2D eigenvalue weighted by Gasteiger charge is -2.18. The Kier molecular flexibility index (Phi) is 6.71. The van der Waals surface area contributed by atoms with Gasteiger partial charge in [0.1, 0.15) is 5.69 Å². The van der Waals surface area contributed by atoms with Gasteiger partial charge in [-0.05, 0) is 36.7 Å². The van der Waals surface area contributed by atoms with E-state index in [1.165, 1.54) is 0 Å². The molecular formula is C15H27N3O2. The quantitative estimate of drug-likeness (QED) is 0.684. The van der Waals surface area contributed by atoms with Gasteiger partial charge in [0.25, 0.3) is 5.91 Å². The first-order chi connectivity index (χ1) is 9.43. The Morgan fingerprint density at radius 2 is 2.10 bits per heavy atom. The number of H-pyrrole nitrogens is 1. The van der Waals surface area contributed by atoms with E-state index in [2.05, 4.69) is 43.2 Å². The maximum atomic E-state index is 12.0. The zero-order chi connectivity index (χ0) is 15.1. The average molecular weight is 281 g/mol. The average Bonchev–Trinajstić information content (AvgIpc) is 2.85. The fraction of sp³-hybridized carbons (Fsp3) is 0.733. The second-order valence-corrected chi connectivity index (χ2v) is 6.08. The maximum Gasteiger partial charge on any atom is 0.271 e. The lowest BCUT2D eigenvalue weighted by molar-refractivity contribution is 0.0936. The van der Waals surface area contributed by atoms with E-state index in [9.17, 15) is 4.79 Å². The summed E-state index contributed by atoms with van der Waals surface area (Å²) in [6, 6.07) is 1.80. The van der Waals surface area contributed by atoms with Gasteiger partial charge in [0.2, 0.25) is 0 Å². The minimum atomic E-state index is -0.153. The molecule has 3 N–H and O–H groups in total. The van der Waals surface area contributed by atoms with E-state index in [-0.39, 0.29) is 12.5 Å². The van der Waals surface area contributed by atoms with Crippen LogP contribution in [0.5, 0.6) is 0 Å². The second kappa shape index (κ2) is 8.04. The van der Waals surface area contributed by atoms with E-state index in [0.717, 1.165) is 18.5 Å². The van der Waals surface area contributed by atoms with Crippen LogP contribution < -0.4 is 5.32 Å². The van der Waals surface area contributed by atoms with Crippen molar-refractivity contribution in [2.75, 3.05) is 13.2 Å². The topological polar surface area (TPSA) is 78.0 Å². The Labute approximate surface area is 121 Å². The van der Waals surface area contributed by atoms with Gasteiger partial charge < -0.3 is 10.4 Å². The van der Waals surface area contributed by atoms with Crippen molar-refractivity contribution in [1.29, 1.82) is 0 Å². The summed E-state index contributed by atoms with van der Waals surface area (Å²) < 4.78 is 0. The molecule has 20 heavy (non-hydrogen) atoms. The van der Waals surface area contributed by atoms with Gasteiger partial charge in [0, 0.05) is 18.8 Å². The van der Waals surface area contributed by atoms with E-state index < -0.39 is 0 Å². The molecule has 0 aliphatic rings. The van der Waals surface area contributed by atoms with Crippen molar-refractivity contribution in [3.05, 3.63) is 17.5 Å². The van der Waals surface area contributed by atoms with Crippen LogP contribution in [-0.2, 0) is 0 Å². The van der Waals surface area contributed by atoms with Crippen molar-refractivity contribution in [3.63, 3.8) is 0 Å². The fourth-order valence-electron chi connectivity index (χ4n) is 2.23. The molecule has 1 atom stereocenters. The number of hydrogen-bond donors (Lipinski definition) is 3. The summed E-state index contributed by atoms with van der Waals surface area (Å²) in [6.45, 7) is 9.14. The summed E-state index contributed by atoms with van der Waals surface area (Å²) >= 11 is 0. The molecule has 5 nitrogen and oxygen atoms in total. The van der Waals surface area contributed by atoms with Crippen LogP contribution in [0.3, 0.4) is 0 Å². The van der Waals surface area contributed by atoms with Gasteiger partial charge in [-0.3, -0.25) is 9.89 Å². The molecule has 0 radical (unpaired) electrons. The highest BCUT2D eigenvalue weighted by atomic mass is 16.3. The van der Waals surface area contributed by atoms with Gasteiger partial charge in [-0.1, -0.05) is 27.7 Å². The van der Waals surface area contributed by atoms with Gasteiger partial charge >= 0.3 is 0 Å². The van der Waals surface area contributed by atoms with Crippen molar-refractivity contribution in [1.82, 2.24) is 15.5 Å². The summed E-state index contributed by atoms with van der Waals surface area (Å²) in [5.41, 5.74) is 1.39. The Morgan fingerprint density at radius 1 is 1.40 bits per heavy atom. The zero-order valence-corrected chi connectivity index (χ0v) is 12.9. The third-order valence-electron chi connectivity index (χ3n) is 3.35. The number of amides is 1. The Balaban J connectivity index is 2.51. The van der Waals surface area contributed by atoms with Crippen LogP contribution in [0, 0.1) is 11.8 Å². The second-order valence-electron chi connectivity index (χ2n) is 6.08. The number of aromatic amines is 1. The Bertz CT molecular complexity index is 413. The van der Waals surface area contributed by atoms with Crippen LogP contribution in [-0.4, -0.2) is 34.4 Å². The molecule has 1 amide bonds. The lowest BCUT2D eigenvalue weighted by Crippen LogP contribution is -2.30. The number of hydrogen-bond acceptors (Lipinski definition) is 3. The van der Waals surface area contributed by atoms with E-state index >= 15 is 0 Å². The van der Waals surface area contributed by atoms with Crippen molar-refractivity contribution >= 4 is 5.91 Å². The van der Waals surface area contributed by atoms with Crippen LogP contribution in [0.15, 0.2) is 6.07 Å². The van der Waals surface area contributed by atoms with E-state index in [0.29, 0.717) is 30.0 Å². The highest BCUT2D eigenvalue weighted by Gasteiger charge is 2.15. The van der Waals surface area contributed by atoms with Gasteiger partial charge in [-0.25, -0.2) is 0 Å². The third kappa shape index (κ3) is 5.33. The Morgan fingerprint density at radius 3 is 2.60 bits per heavy atom. The molecule has 0 saturated heterocycles. The summed E-state index contributed by atoms with van der Waals surface area (Å²) in [4.78, 5) is 12.0. The molecule has 1 rings (SSSR count). The molecule has 0 aliphatic carbocycles. The molecule has 114 valence electrons. The molecule has 0 aliphatic heterocycles.